The van der Waals surface area contributed by atoms with Gasteiger partial charge in [0, 0.05) is 19.0 Å². The molecule has 0 aliphatic carbocycles. The predicted octanol–water partition coefficient (Wildman–Crippen LogP) is 3.64. The van der Waals surface area contributed by atoms with Gasteiger partial charge in [0.15, 0.2) is 16.7 Å². The van der Waals surface area contributed by atoms with Gasteiger partial charge in [-0.2, -0.15) is 5.10 Å². The van der Waals surface area contributed by atoms with Crippen molar-refractivity contribution in [3.05, 3.63) is 59.0 Å². The van der Waals surface area contributed by atoms with Crippen molar-refractivity contribution in [3.8, 4) is 0 Å². The van der Waals surface area contributed by atoms with Gasteiger partial charge in [-0.1, -0.05) is 41.9 Å². The van der Waals surface area contributed by atoms with Gasteiger partial charge in [0.2, 0.25) is 0 Å². The van der Waals surface area contributed by atoms with Gasteiger partial charge in [0.25, 0.3) is 0 Å². The van der Waals surface area contributed by atoms with E-state index in [1.807, 2.05) is 18.2 Å². The normalized spacial score (nSPS) is 26.1. The summed E-state index contributed by atoms with van der Waals surface area (Å²) in [6.45, 7) is 0.305. The summed E-state index contributed by atoms with van der Waals surface area (Å²) in [5, 5.41) is 15.2. The number of anilines is 1. The van der Waals surface area contributed by atoms with Crippen LogP contribution in [0.15, 0.2) is 42.6 Å². The van der Waals surface area contributed by atoms with Crippen molar-refractivity contribution in [1.82, 2.24) is 14.6 Å². The molecule has 4 heterocycles. The first-order valence-electron chi connectivity index (χ1n) is 12.2. The molecule has 0 radical (unpaired) electrons. The number of ether oxygens (including phenoxy) is 1. The molecule has 0 amide bonds. The third-order valence-corrected chi connectivity index (χ3v) is 10.4. The Morgan fingerprint density at radius 1 is 1.16 bits per heavy atom. The number of aliphatic hydroxyl groups is 1. The summed E-state index contributed by atoms with van der Waals surface area (Å²) in [6, 6.07) is 12.2. The monoisotopic (exact) mass is 586 g/mol. The summed E-state index contributed by atoms with van der Waals surface area (Å²) in [5.74, 6) is -1.31. The van der Waals surface area contributed by atoms with Gasteiger partial charge >= 0.3 is 15.2 Å². The van der Waals surface area contributed by atoms with E-state index < -0.39 is 46.0 Å². The van der Waals surface area contributed by atoms with E-state index in [2.05, 4.69) is 27.1 Å². The Kier molecular flexibility index (Phi) is 7.99. The van der Waals surface area contributed by atoms with Crippen LogP contribution in [0.3, 0.4) is 0 Å². The van der Waals surface area contributed by atoms with Crippen molar-refractivity contribution in [1.29, 1.82) is 0 Å². The number of aliphatic hydroxyl groups excluding tert-OH is 1. The van der Waals surface area contributed by atoms with Gasteiger partial charge in [-0.3, -0.25) is 9.13 Å². The fourth-order valence-corrected chi connectivity index (χ4v) is 7.89. The van der Waals surface area contributed by atoms with Gasteiger partial charge < -0.3 is 33.9 Å². The molecule has 2 saturated heterocycles. The Morgan fingerprint density at radius 3 is 2.66 bits per heavy atom. The molecule has 2 fully saturated rings. The Balaban J connectivity index is 1.39. The second kappa shape index (κ2) is 11.0. The molecule has 5 rings (SSSR count). The Bertz CT molecular complexity index is 1390. The third-order valence-electron chi connectivity index (χ3n) is 6.80. The Morgan fingerprint density at radius 2 is 1.92 bits per heavy atom. The van der Waals surface area contributed by atoms with Gasteiger partial charge in [-0.05, 0) is 24.8 Å². The van der Waals surface area contributed by atoms with Gasteiger partial charge in [-0.25, -0.2) is 9.50 Å². The molecule has 12 nitrogen and oxygen atoms in total. The number of nitrogens with zero attached hydrogens (tertiary/aromatic N) is 4. The van der Waals surface area contributed by atoms with Crippen LogP contribution in [0.1, 0.15) is 49.1 Å². The van der Waals surface area contributed by atoms with Crippen LogP contribution < -0.4 is 4.90 Å². The van der Waals surface area contributed by atoms with Crippen LogP contribution in [0.2, 0.25) is 5.15 Å². The van der Waals surface area contributed by atoms with Crippen LogP contribution in [-0.4, -0.2) is 65.6 Å². The number of hydrogen-bond donors (Lipinski definition) is 4. The molecule has 3 aromatic rings. The van der Waals surface area contributed by atoms with Crippen LogP contribution in [0.4, 0.5) is 5.69 Å². The van der Waals surface area contributed by atoms with E-state index in [1.165, 1.54) is 5.56 Å². The largest absolute Gasteiger partial charge is 0.390 e. The molecule has 4 N–H and O–H groups in total. The van der Waals surface area contributed by atoms with E-state index in [0.717, 1.165) is 31.5 Å². The molecule has 206 valence electrons. The van der Waals surface area contributed by atoms with E-state index in [1.54, 1.807) is 16.8 Å². The number of hydrogen-bond acceptors (Lipinski definition) is 8. The number of piperidine rings is 1. The van der Waals surface area contributed by atoms with Crippen LogP contribution >= 0.6 is 26.8 Å². The fraction of sp³-hybridized carbons (Fsp3) is 0.478. The maximum absolute atomic E-state index is 12.0. The Labute approximate surface area is 223 Å². The first kappa shape index (κ1) is 27.7. The third kappa shape index (κ3) is 6.14. The fourth-order valence-electron chi connectivity index (χ4n) is 5.15. The number of benzene rings is 1. The van der Waals surface area contributed by atoms with Crippen molar-refractivity contribution in [2.75, 3.05) is 24.0 Å². The summed E-state index contributed by atoms with van der Waals surface area (Å²) >= 11 is 6.46. The molecule has 0 spiro atoms. The number of aromatic nitrogens is 3. The average molecular weight is 587 g/mol. The number of halogens is 1. The highest BCUT2D eigenvalue weighted by atomic mass is 35.5. The maximum atomic E-state index is 12.0. The van der Waals surface area contributed by atoms with Crippen molar-refractivity contribution < 1.29 is 38.2 Å². The van der Waals surface area contributed by atoms with Crippen molar-refractivity contribution >= 4 is 38.1 Å². The van der Waals surface area contributed by atoms with Crippen molar-refractivity contribution in [3.63, 3.8) is 0 Å². The van der Waals surface area contributed by atoms with Crippen molar-refractivity contribution in [2.45, 2.75) is 50.0 Å². The second-order valence-electron chi connectivity index (χ2n) is 9.59. The molecule has 0 saturated carbocycles. The SMILES string of the molecule is O=P(O)(O)CP(=O)(O)OC[C@H]1O[C@@H](c2cnc3c(N4CCCC[C@H]4c4ccccc4)cc(Cl)nn23)C[C@@H]1O. The van der Waals surface area contributed by atoms with Crippen LogP contribution in [0, 0.1) is 0 Å². The molecule has 5 atom stereocenters. The summed E-state index contributed by atoms with van der Waals surface area (Å²) in [6.07, 6.45) is 2.15. The minimum atomic E-state index is -4.77. The highest BCUT2D eigenvalue weighted by molar-refractivity contribution is 7.70. The summed E-state index contributed by atoms with van der Waals surface area (Å²) in [5.41, 5.74) is 3.17. The minimum absolute atomic E-state index is 0.135. The lowest BCUT2D eigenvalue weighted by Crippen LogP contribution is -2.34. The summed E-state index contributed by atoms with van der Waals surface area (Å²) in [7, 11) is -9.35. The van der Waals surface area contributed by atoms with Gasteiger partial charge in [0.05, 0.1) is 36.3 Å². The molecule has 38 heavy (non-hydrogen) atoms. The lowest BCUT2D eigenvalue weighted by Gasteiger charge is -2.38. The molecule has 2 aromatic heterocycles. The van der Waals surface area contributed by atoms with E-state index in [9.17, 15) is 19.1 Å². The molecule has 1 aromatic carbocycles. The average Bonchev–Trinajstić information content (AvgIpc) is 3.44. The standard InChI is InChI=1S/C23H29ClN4O8P2/c24-22-10-17(27-9-5-4-8-16(27)15-6-2-1-3-7-15)23-25-12-18(28(23)26-22)20-11-19(29)21(36-20)13-35-38(33,34)14-37(30,31)32/h1-3,6-7,10,12,16,19-21,29H,4-5,8-9,11,13-14H2,(H,33,34)(H2,30,31,32)/t16-,19-,20+,21+/m0/s1. The lowest BCUT2D eigenvalue weighted by atomic mass is 9.95. The molecule has 1 unspecified atom stereocenters. The highest BCUT2D eigenvalue weighted by Gasteiger charge is 2.40. The Hall–Kier alpha value is -1.85. The summed E-state index contributed by atoms with van der Waals surface area (Å²) < 4.78 is 35.4. The highest BCUT2D eigenvalue weighted by Crippen LogP contribution is 2.55. The number of rotatable bonds is 8. The molecular formula is C23H29ClN4O8P2. The lowest BCUT2D eigenvalue weighted by molar-refractivity contribution is -0.0198. The zero-order chi connectivity index (χ0) is 27.1. The van der Waals surface area contributed by atoms with Gasteiger partial charge in [0.1, 0.15) is 12.2 Å². The van der Waals surface area contributed by atoms with E-state index in [-0.39, 0.29) is 17.6 Å². The zero-order valence-corrected chi connectivity index (χ0v) is 22.8. The summed E-state index contributed by atoms with van der Waals surface area (Å²) in [4.78, 5) is 34.6. The first-order valence-corrected chi connectivity index (χ1v) is 16.1. The molecular weight excluding hydrogens is 558 g/mol. The molecule has 15 heteroatoms. The molecule has 0 bridgehead atoms. The van der Waals surface area contributed by atoms with E-state index in [4.69, 9.17) is 30.6 Å². The molecule has 2 aliphatic rings. The minimum Gasteiger partial charge on any atom is -0.390 e. The van der Waals surface area contributed by atoms with Crippen molar-refractivity contribution in [2.24, 2.45) is 0 Å². The smallest absolute Gasteiger partial charge is 0.340 e. The quantitative estimate of drug-likeness (QED) is 0.284. The number of imidazole rings is 1. The predicted molar refractivity (Wildman–Crippen MR) is 139 cm³/mol. The van der Waals surface area contributed by atoms with E-state index in [0.29, 0.717) is 11.3 Å². The number of fused-ring (bicyclic) bond motifs is 1. The topological polar surface area (TPSA) is 167 Å². The maximum Gasteiger partial charge on any atom is 0.340 e. The van der Waals surface area contributed by atoms with Crippen LogP contribution in [0.5, 0.6) is 0 Å². The van der Waals surface area contributed by atoms with Crippen LogP contribution in [-0.2, 0) is 18.4 Å². The second-order valence-corrected chi connectivity index (χ2v) is 14.0. The van der Waals surface area contributed by atoms with E-state index >= 15 is 0 Å². The van der Waals surface area contributed by atoms with Gasteiger partial charge in [-0.15, -0.1) is 0 Å². The van der Waals surface area contributed by atoms with Crippen LogP contribution in [0.25, 0.3) is 5.65 Å². The first-order chi connectivity index (χ1) is 18.0. The zero-order valence-electron chi connectivity index (χ0n) is 20.3. The molecule has 2 aliphatic heterocycles.